The molecule has 2 aromatic heterocycles. The van der Waals surface area contributed by atoms with E-state index >= 15 is 0 Å². The Kier molecular flexibility index (Phi) is 4.28. The van der Waals surface area contributed by atoms with E-state index in [1.54, 1.807) is 12.1 Å². The van der Waals surface area contributed by atoms with Gasteiger partial charge in [-0.1, -0.05) is 41.4 Å². The van der Waals surface area contributed by atoms with E-state index in [9.17, 15) is 13.2 Å². The summed E-state index contributed by atoms with van der Waals surface area (Å²) in [6.45, 7) is 1.96. The molecular weight excluding hydrogens is 341 g/mol. The topological polar surface area (TPSA) is 43.6 Å². The highest BCUT2D eigenvalue weighted by Gasteiger charge is 2.35. The fraction of sp³-hybridized carbons (Fsp3) is 0.188. The summed E-state index contributed by atoms with van der Waals surface area (Å²) in [5, 5.41) is 0.360. The van der Waals surface area contributed by atoms with Crippen molar-refractivity contribution in [1.29, 1.82) is 0 Å². The predicted octanol–water partition coefficient (Wildman–Crippen LogP) is 4.37. The average Bonchev–Trinajstić information content (AvgIpc) is 2.94. The highest BCUT2D eigenvalue weighted by Crippen LogP contribution is 2.31. The summed E-state index contributed by atoms with van der Waals surface area (Å²) in [6, 6.07) is 7.11. The molecule has 0 unspecified atom stereocenters. The summed E-state index contributed by atoms with van der Waals surface area (Å²) in [5.41, 5.74) is 0.644. The zero-order valence-corrected chi connectivity index (χ0v) is 13.3. The third-order valence-electron chi connectivity index (χ3n) is 3.36. The van der Waals surface area contributed by atoms with Crippen LogP contribution in [0.15, 0.2) is 42.9 Å². The highest BCUT2D eigenvalue weighted by molar-refractivity contribution is 6.30. The van der Waals surface area contributed by atoms with Crippen molar-refractivity contribution in [2.45, 2.75) is 19.6 Å². The number of nitrogens with zero attached hydrogens (tertiary/aromatic N) is 4. The Bertz CT molecular complexity index is 839. The largest absolute Gasteiger partial charge is 0.434 e. The first-order valence-electron chi connectivity index (χ1n) is 7.01. The van der Waals surface area contributed by atoms with Crippen molar-refractivity contribution in [3.63, 3.8) is 0 Å². The van der Waals surface area contributed by atoms with Crippen molar-refractivity contribution in [2.75, 3.05) is 0 Å². The van der Waals surface area contributed by atoms with Gasteiger partial charge in [-0.05, 0) is 6.92 Å². The fourth-order valence-corrected chi connectivity index (χ4v) is 2.28. The van der Waals surface area contributed by atoms with Crippen LogP contribution in [0.25, 0.3) is 11.4 Å². The molecule has 3 rings (SSSR count). The summed E-state index contributed by atoms with van der Waals surface area (Å²) in [5.74, 6) is 0.555. The lowest BCUT2D eigenvalue weighted by molar-refractivity contribution is -0.140. The third-order valence-corrected chi connectivity index (χ3v) is 3.56. The van der Waals surface area contributed by atoms with Crippen molar-refractivity contribution >= 4 is 11.6 Å². The van der Waals surface area contributed by atoms with Crippen LogP contribution in [0.2, 0.25) is 5.02 Å². The van der Waals surface area contributed by atoms with E-state index in [1.807, 2.05) is 19.1 Å². The summed E-state index contributed by atoms with van der Waals surface area (Å²) in [6.07, 6.45) is -0.757. The zero-order chi connectivity index (χ0) is 17.3. The fourth-order valence-electron chi connectivity index (χ4n) is 2.18. The number of hydrogen-bond acceptors (Lipinski definition) is 3. The minimum atomic E-state index is -4.52. The Morgan fingerprint density at radius 1 is 1.08 bits per heavy atom. The molecule has 0 atom stereocenters. The molecule has 0 aliphatic heterocycles. The Hall–Kier alpha value is -2.41. The first kappa shape index (κ1) is 16.4. The molecule has 0 N–H and O–H groups in total. The van der Waals surface area contributed by atoms with Crippen molar-refractivity contribution in [2.24, 2.45) is 0 Å². The minimum absolute atomic E-state index is 0.0590. The maximum absolute atomic E-state index is 13.0. The average molecular weight is 353 g/mol. The Morgan fingerprint density at radius 2 is 1.71 bits per heavy atom. The lowest BCUT2D eigenvalue weighted by atomic mass is 10.1. The molecule has 4 nitrogen and oxygen atoms in total. The summed E-state index contributed by atoms with van der Waals surface area (Å²) >= 11 is 5.73. The Balaban J connectivity index is 2.04. The monoisotopic (exact) mass is 352 g/mol. The molecule has 3 aromatic rings. The molecule has 0 amide bonds. The number of rotatable bonds is 3. The number of alkyl halides is 3. The molecule has 0 spiro atoms. The normalized spacial score (nSPS) is 11.7. The van der Waals surface area contributed by atoms with Crippen LogP contribution in [0.4, 0.5) is 13.2 Å². The summed E-state index contributed by atoms with van der Waals surface area (Å²) in [7, 11) is 0. The number of benzene rings is 1. The van der Waals surface area contributed by atoms with Gasteiger partial charge in [0.15, 0.2) is 5.69 Å². The minimum Gasteiger partial charge on any atom is -0.323 e. The molecule has 0 aliphatic rings. The summed E-state index contributed by atoms with van der Waals surface area (Å²) < 4.78 is 40.5. The SMILES string of the molecule is Cc1ccc(-c2nc(C(F)(F)F)cn2Cc2ncc(Cl)cn2)cc1. The van der Waals surface area contributed by atoms with Crippen LogP contribution in [-0.2, 0) is 12.7 Å². The maximum Gasteiger partial charge on any atom is 0.434 e. The molecular formula is C16H12ClF3N4. The molecule has 0 fully saturated rings. The Labute approximate surface area is 141 Å². The van der Waals surface area contributed by atoms with Gasteiger partial charge in [0.25, 0.3) is 0 Å². The highest BCUT2D eigenvalue weighted by atomic mass is 35.5. The summed E-state index contributed by atoms with van der Waals surface area (Å²) in [4.78, 5) is 11.8. The molecule has 0 aliphatic carbocycles. The van der Waals surface area contributed by atoms with Crippen LogP contribution in [-0.4, -0.2) is 19.5 Å². The first-order valence-corrected chi connectivity index (χ1v) is 7.38. The number of hydrogen-bond donors (Lipinski definition) is 0. The van der Waals surface area contributed by atoms with Crippen LogP contribution in [0.1, 0.15) is 17.1 Å². The molecule has 8 heteroatoms. The first-order chi connectivity index (χ1) is 11.3. The third kappa shape index (κ3) is 3.56. The molecule has 0 radical (unpaired) electrons. The molecule has 24 heavy (non-hydrogen) atoms. The van der Waals surface area contributed by atoms with Crippen LogP contribution in [0, 0.1) is 6.92 Å². The van der Waals surface area contributed by atoms with E-state index in [0.29, 0.717) is 16.4 Å². The molecule has 0 saturated heterocycles. The van der Waals surface area contributed by atoms with Crippen molar-refractivity contribution in [3.8, 4) is 11.4 Å². The van der Waals surface area contributed by atoms with Crippen LogP contribution >= 0.6 is 11.6 Å². The van der Waals surface area contributed by atoms with E-state index in [0.717, 1.165) is 11.8 Å². The second kappa shape index (κ2) is 6.24. The van der Waals surface area contributed by atoms with Gasteiger partial charge in [-0.25, -0.2) is 15.0 Å². The second-order valence-corrected chi connectivity index (χ2v) is 5.70. The van der Waals surface area contributed by atoms with Gasteiger partial charge in [0.2, 0.25) is 0 Å². The second-order valence-electron chi connectivity index (χ2n) is 5.26. The van der Waals surface area contributed by atoms with Crippen LogP contribution in [0.5, 0.6) is 0 Å². The number of imidazole rings is 1. The number of aryl methyl sites for hydroxylation is 1. The molecule has 2 heterocycles. The van der Waals surface area contributed by atoms with E-state index in [1.165, 1.54) is 17.0 Å². The number of halogens is 4. The number of aromatic nitrogens is 4. The molecule has 1 aromatic carbocycles. The van der Waals surface area contributed by atoms with Gasteiger partial charge in [0, 0.05) is 24.2 Å². The van der Waals surface area contributed by atoms with Gasteiger partial charge in [-0.3, -0.25) is 0 Å². The van der Waals surface area contributed by atoms with Gasteiger partial charge < -0.3 is 4.57 Å². The Morgan fingerprint density at radius 3 is 2.29 bits per heavy atom. The molecule has 124 valence electrons. The van der Waals surface area contributed by atoms with E-state index < -0.39 is 11.9 Å². The van der Waals surface area contributed by atoms with Gasteiger partial charge >= 0.3 is 6.18 Å². The van der Waals surface area contributed by atoms with Crippen LogP contribution < -0.4 is 0 Å². The van der Waals surface area contributed by atoms with Gasteiger partial charge in [0.1, 0.15) is 11.6 Å². The lowest BCUT2D eigenvalue weighted by Crippen LogP contribution is -2.06. The van der Waals surface area contributed by atoms with Crippen LogP contribution in [0.3, 0.4) is 0 Å². The maximum atomic E-state index is 13.0. The molecule has 0 bridgehead atoms. The quantitative estimate of drug-likeness (QED) is 0.703. The lowest BCUT2D eigenvalue weighted by Gasteiger charge is -2.07. The van der Waals surface area contributed by atoms with Crippen molar-refractivity contribution in [1.82, 2.24) is 19.5 Å². The molecule has 0 saturated carbocycles. The smallest absolute Gasteiger partial charge is 0.323 e. The van der Waals surface area contributed by atoms with Gasteiger partial charge in [-0.15, -0.1) is 0 Å². The zero-order valence-electron chi connectivity index (χ0n) is 12.5. The van der Waals surface area contributed by atoms with Gasteiger partial charge in [-0.2, -0.15) is 13.2 Å². The van der Waals surface area contributed by atoms with E-state index in [4.69, 9.17) is 11.6 Å². The van der Waals surface area contributed by atoms with Gasteiger partial charge in [0.05, 0.1) is 11.6 Å². The van der Waals surface area contributed by atoms with E-state index in [2.05, 4.69) is 15.0 Å². The van der Waals surface area contributed by atoms with Crippen molar-refractivity contribution < 1.29 is 13.2 Å². The predicted molar refractivity (Wildman–Crippen MR) is 83.5 cm³/mol. The standard InChI is InChI=1S/C16H12ClF3N4/c1-10-2-4-11(5-3-10)15-23-13(16(18,19)20)8-24(15)9-14-21-6-12(17)7-22-14/h2-8H,9H2,1H3. The van der Waals surface area contributed by atoms with E-state index in [-0.39, 0.29) is 12.4 Å². The van der Waals surface area contributed by atoms with Crippen molar-refractivity contribution in [3.05, 3.63) is 65.0 Å².